The highest BCUT2D eigenvalue weighted by Gasteiger charge is 2.08. The highest BCUT2D eigenvalue weighted by Crippen LogP contribution is 2.25. The average Bonchev–Trinajstić information content (AvgIpc) is 2.46. The molecule has 19 heavy (non-hydrogen) atoms. The highest BCUT2D eigenvalue weighted by atomic mass is 14.7. The Morgan fingerprint density at radius 1 is 1.00 bits per heavy atom. The summed E-state index contributed by atoms with van der Waals surface area (Å²) in [6.45, 7) is 2.04. The van der Waals surface area contributed by atoms with Crippen molar-refractivity contribution in [1.29, 1.82) is 5.26 Å². The number of nitrogens with zero attached hydrogens (tertiary/aromatic N) is 2. The van der Waals surface area contributed by atoms with Crippen LogP contribution in [-0.2, 0) is 0 Å². The quantitative estimate of drug-likeness (QED) is 0.646. The summed E-state index contributed by atoms with van der Waals surface area (Å²) in [5.41, 5.74) is 4.43. The summed E-state index contributed by atoms with van der Waals surface area (Å²) in [5.74, 6) is 0. The van der Waals surface area contributed by atoms with Crippen LogP contribution in [0.2, 0.25) is 0 Å². The van der Waals surface area contributed by atoms with Crippen LogP contribution in [0.1, 0.15) is 11.1 Å². The number of aromatic nitrogens is 1. The van der Waals surface area contributed by atoms with Crippen LogP contribution in [0.3, 0.4) is 0 Å². The van der Waals surface area contributed by atoms with Crippen LogP contribution in [0.4, 0.5) is 0 Å². The monoisotopic (exact) mass is 244 g/mol. The fraction of sp³-hybridized carbons (Fsp3) is 0.0588. The van der Waals surface area contributed by atoms with E-state index in [2.05, 4.69) is 17.1 Å². The number of rotatable bonds is 1. The maximum atomic E-state index is 9.32. The molecule has 90 valence electrons. The van der Waals surface area contributed by atoms with Gasteiger partial charge in [0.25, 0.3) is 0 Å². The van der Waals surface area contributed by atoms with Crippen molar-refractivity contribution in [3.63, 3.8) is 0 Å². The normalized spacial score (nSPS) is 10.3. The Morgan fingerprint density at radius 3 is 2.53 bits per heavy atom. The lowest BCUT2D eigenvalue weighted by molar-refractivity contribution is 1.35. The van der Waals surface area contributed by atoms with E-state index >= 15 is 0 Å². The van der Waals surface area contributed by atoms with Crippen molar-refractivity contribution in [3.8, 4) is 17.3 Å². The number of pyridine rings is 1. The summed E-state index contributed by atoms with van der Waals surface area (Å²) >= 11 is 0. The van der Waals surface area contributed by atoms with Crippen LogP contribution in [0, 0.1) is 18.3 Å². The molecule has 0 saturated heterocycles. The third-order valence-electron chi connectivity index (χ3n) is 3.14. The summed E-state index contributed by atoms with van der Waals surface area (Å²) in [7, 11) is 0. The molecular formula is C17H12N2. The van der Waals surface area contributed by atoms with Gasteiger partial charge in [0, 0.05) is 10.9 Å². The number of benzene rings is 2. The molecule has 0 N–H and O–H groups in total. The van der Waals surface area contributed by atoms with Gasteiger partial charge in [0.05, 0.1) is 16.8 Å². The number of nitriles is 1. The molecule has 0 unspecified atom stereocenters. The fourth-order valence-corrected chi connectivity index (χ4v) is 2.20. The van der Waals surface area contributed by atoms with Gasteiger partial charge in [0.1, 0.15) is 6.07 Å². The van der Waals surface area contributed by atoms with Crippen molar-refractivity contribution in [3.05, 3.63) is 65.7 Å². The zero-order valence-electron chi connectivity index (χ0n) is 10.6. The predicted molar refractivity (Wildman–Crippen MR) is 76.6 cm³/mol. The lowest BCUT2D eigenvalue weighted by Crippen LogP contribution is -1.91. The molecule has 0 fully saturated rings. The first-order chi connectivity index (χ1) is 9.28. The van der Waals surface area contributed by atoms with Gasteiger partial charge < -0.3 is 0 Å². The summed E-state index contributed by atoms with van der Waals surface area (Å²) in [4.78, 5) is 4.63. The lowest BCUT2D eigenvalue weighted by atomic mass is 10.0. The largest absolute Gasteiger partial charge is 0.246 e. The van der Waals surface area contributed by atoms with Gasteiger partial charge in [-0.1, -0.05) is 42.0 Å². The molecule has 0 bridgehead atoms. The van der Waals surface area contributed by atoms with Gasteiger partial charge in [-0.3, -0.25) is 0 Å². The molecule has 0 amide bonds. The molecule has 2 nitrogen and oxygen atoms in total. The molecule has 3 aromatic rings. The SMILES string of the molecule is Cc1ccc2nc(-c3ccccc3)c(C#N)cc2c1. The summed E-state index contributed by atoms with van der Waals surface area (Å²) in [6, 6.07) is 20.1. The molecular weight excluding hydrogens is 232 g/mol. The van der Waals surface area contributed by atoms with Crippen molar-refractivity contribution in [1.82, 2.24) is 4.98 Å². The van der Waals surface area contributed by atoms with E-state index in [0.29, 0.717) is 5.56 Å². The Balaban J connectivity index is 2.31. The van der Waals surface area contributed by atoms with E-state index in [1.807, 2.05) is 55.5 Å². The Kier molecular flexibility index (Phi) is 2.74. The molecule has 0 spiro atoms. The number of fused-ring (bicyclic) bond motifs is 1. The van der Waals surface area contributed by atoms with Crippen LogP contribution >= 0.6 is 0 Å². The topological polar surface area (TPSA) is 36.7 Å². The van der Waals surface area contributed by atoms with E-state index in [0.717, 1.165) is 22.2 Å². The van der Waals surface area contributed by atoms with Gasteiger partial charge in [-0.25, -0.2) is 4.98 Å². The fourth-order valence-electron chi connectivity index (χ4n) is 2.20. The van der Waals surface area contributed by atoms with Crippen LogP contribution in [0.5, 0.6) is 0 Å². The molecule has 1 aromatic heterocycles. The van der Waals surface area contributed by atoms with E-state index in [1.165, 1.54) is 5.56 Å². The zero-order chi connectivity index (χ0) is 13.2. The van der Waals surface area contributed by atoms with E-state index in [1.54, 1.807) is 0 Å². The number of hydrogen-bond donors (Lipinski definition) is 0. The molecule has 0 aliphatic rings. The van der Waals surface area contributed by atoms with Crippen molar-refractivity contribution < 1.29 is 0 Å². The van der Waals surface area contributed by atoms with E-state index in [4.69, 9.17) is 0 Å². The number of aryl methyl sites for hydroxylation is 1. The maximum absolute atomic E-state index is 9.32. The first kappa shape index (κ1) is 11.4. The Hall–Kier alpha value is -2.66. The summed E-state index contributed by atoms with van der Waals surface area (Å²) in [6.07, 6.45) is 0. The standard InChI is InChI=1S/C17H12N2/c1-12-7-8-16-14(9-12)10-15(11-18)17(19-16)13-5-3-2-4-6-13/h2-10H,1H3. The minimum Gasteiger partial charge on any atom is -0.246 e. The van der Waals surface area contributed by atoms with Gasteiger partial charge in [0.15, 0.2) is 0 Å². The van der Waals surface area contributed by atoms with Crippen LogP contribution in [-0.4, -0.2) is 4.98 Å². The molecule has 0 saturated carbocycles. The van der Waals surface area contributed by atoms with E-state index in [-0.39, 0.29) is 0 Å². The van der Waals surface area contributed by atoms with Gasteiger partial charge in [-0.05, 0) is 25.1 Å². The Morgan fingerprint density at radius 2 is 1.79 bits per heavy atom. The Bertz CT molecular complexity index is 783. The minimum absolute atomic E-state index is 0.615. The minimum atomic E-state index is 0.615. The van der Waals surface area contributed by atoms with Crippen molar-refractivity contribution in [2.45, 2.75) is 6.92 Å². The van der Waals surface area contributed by atoms with Crippen LogP contribution < -0.4 is 0 Å². The van der Waals surface area contributed by atoms with E-state index in [9.17, 15) is 5.26 Å². The molecule has 2 heteroatoms. The average molecular weight is 244 g/mol. The van der Waals surface area contributed by atoms with Crippen LogP contribution in [0.15, 0.2) is 54.6 Å². The molecule has 0 radical (unpaired) electrons. The highest BCUT2D eigenvalue weighted by molar-refractivity contribution is 5.85. The first-order valence-electron chi connectivity index (χ1n) is 6.15. The van der Waals surface area contributed by atoms with Gasteiger partial charge in [-0.2, -0.15) is 5.26 Å². The third kappa shape index (κ3) is 2.07. The van der Waals surface area contributed by atoms with E-state index < -0.39 is 0 Å². The molecule has 2 aromatic carbocycles. The van der Waals surface area contributed by atoms with Crippen molar-refractivity contribution in [2.24, 2.45) is 0 Å². The maximum Gasteiger partial charge on any atom is 0.101 e. The van der Waals surface area contributed by atoms with Crippen molar-refractivity contribution >= 4 is 10.9 Å². The predicted octanol–water partition coefficient (Wildman–Crippen LogP) is 4.08. The number of hydrogen-bond acceptors (Lipinski definition) is 2. The van der Waals surface area contributed by atoms with Gasteiger partial charge in [0.2, 0.25) is 0 Å². The van der Waals surface area contributed by atoms with Crippen molar-refractivity contribution in [2.75, 3.05) is 0 Å². The second-order valence-corrected chi connectivity index (χ2v) is 4.56. The third-order valence-corrected chi connectivity index (χ3v) is 3.14. The lowest BCUT2D eigenvalue weighted by Gasteiger charge is -2.06. The molecule has 1 heterocycles. The van der Waals surface area contributed by atoms with Gasteiger partial charge >= 0.3 is 0 Å². The first-order valence-corrected chi connectivity index (χ1v) is 6.15. The smallest absolute Gasteiger partial charge is 0.101 e. The second kappa shape index (κ2) is 4.55. The summed E-state index contributed by atoms with van der Waals surface area (Å²) in [5, 5.41) is 10.3. The molecule has 0 aliphatic heterocycles. The summed E-state index contributed by atoms with van der Waals surface area (Å²) < 4.78 is 0. The van der Waals surface area contributed by atoms with Crippen LogP contribution in [0.25, 0.3) is 22.2 Å². The molecule has 3 rings (SSSR count). The Labute approximate surface area is 112 Å². The van der Waals surface area contributed by atoms with Gasteiger partial charge in [-0.15, -0.1) is 0 Å². The zero-order valence-corrected chi connectivity index (χ0v) is 10.6. The second-order valence-electron chi connectivity index (χ2n) is 4.56. The molecule has 0 aliphatic carbocycles. The molecule has 0 atom stereocenters.